The van der Waals surface area contributed by atoms with Gasteiger partial charge in [0.25, 0.3) is 0 Å². The summed E-state index contributed by atoms with van der Waals surface area (Å²) < 4.78 is 0. The first-order chi connectivity index (χ1) is 8.72. The molecule has 0 saturated heterocycles. The summed E-state index contributed by atoms with van der Waals surface area (Å²) in [5, 5.41) is 6.40. The molecule has 1 rings (SSSR count). The van der Waals surface area contributed by atoms with Crippen LogP contribution >= 0.6 is 0 Å². The Morgan fingerprint density at radius 3 is 2.50 bits per heavy atom. The zero-order valence-electron chi connectivity index (χ0n) is 10.3. The van der Waals surface area contributed by atoms with Crippen molar-refractivity contribution in [1.82, 2.24) is 5.43 Å². The van der Waals surface area contributed by atoms with Crippen molar-refractivity contribution < 1.29 is 9.59 Å². The van der Waals surface area contributed by atoms with E-state index in [9.17, 15) is 9.59 Å². The fourth-order valence-electron chi connectivity index (χ4n) is 1.24. The zero-order valence-corrected chi connectivity index (χ0v) is 10.3. The Morgan fingerprint density at radius 2 is 1.83 bits per heavy atom. The van der Waals surface area contributed by atoms with Crippen molar-refractivity contribution >= 4 is 23.7 Å². The summed E-state index contributed by atoms with van der Waals surface area (Å²) >= 11 is 0. The van der Waals surface area contributed by atoms with Gasteiger partial charge in [0, 0.05) is 24.7 Å². The van der Waals surface area contributed by atoms with E-state index in [1.807, 2.05) is 25.1 Å². The van der Waals surface area contributed by atoms with Crippen molar-refractivity contribution in [3.05, 3.63) is 30.3 Å². The number of nitrogens with zero attached hydrogens (tertiary/aromatic N) is 1. The number of amides is 2. The molecule has 0 aliphatic rings. The molecule has 0 aliphatic heterocycles. The highest BCUT2D eigenvalue weighted by molar-refractivity contribution is 5.93. The van der Waals surface area contributed by atoms with E-state index in [1.54, 1.807) is 18.3 Å². The minimum absolute atomic E-state index is 0.125. The second-order valence-electron chi connectivity index (χ2n) is 3.67. The largest absolute Gasteiger partial charge is 0.326 e. The van der Waals surface area contributed by atoms with Crippen molar-refractivity contribution in [3.63, 3.8) is 0 Å². The number of hydrogen-bond donors (Lipinski definition) is 2. The van der Waals surface area contributed by atoms with Gasteiger partial charge in [0.15, 0.2) is 0 Å². The van der Waals surface area contributed by atoms with Gasteiger partial charge in [0.2, 0.25) is 11.8 Å². The molecule has 0 unspecified atom stereocenters. The van der Waals surface area contributed by atoms with Crippen LogP contribution in [0.5, 0.6) is 0 Å². The molecule has 2 amide bonds. The Kier molecular flexibility index (Phi) is 6.17. The molecule has 0 atom stereocenters. The number of nitrogens with one attached hydrogen (secondary N) is 2. The van der Waals surface area contributed by atoms with Crippen molar-refractivity contribution in [2.75, 3.05) is 5.32 Å². The maximum atomic E-state index is 11.5. The minimum atomic E-state index is -0.261. The Labute approximate surface area is 106 Å². The summed E-state index contributed by atoms with van der Waals surface area (Å²) in [6.45, 7) is 1.92. The first kappa shape index (κ1) is 13.9. The Morgan fingerprint density at radius 1 is 1.17 bits per heavy atom. The third kappa shape index (κ3) is 5.79. The van der Waals surface area contributed by atoms with Crippen molar-refractivity contribution in [3.8, 4) is 0 Å². The molecule has 18 heavy (non-hydrogen) atoms. The summed E-state index contributed by atoms with van der Waals surface area (Å²) in [4.78, 5) is 22.8. The zero-order chi connectivity index (χ0) is 13.2. The average molecular weight is 247 g/mol. The number of hydrogen-bond acceptors (Lipinski definition) is 3. The van der Waals surface area contributed by atoms with Crippen molar-refractivity contribution in [2.45, 2.75) is 26.2 Å². The molecule has 0 spiro atoms. The molecule has 0 aliphatic carbocycles. The molecule has 1 aromatic carbocycles. The SMILES string of the molecule is CCC=NNC(=O)CCC(=O)Nc1ccccc1. The number of hydrazone groups is 1. The highest BCUT2D eigenvalue weighted by Gasteiger charge is 2.06. The molecule has 0 fully saturated rings. The van der Waals surface area contributed by atoms with Crippen molar-refractivity contribution in [2.24, 2.45) is 5.10 Å². The van der Waals surface area contributed by atoms with Gasteiger partial charge in [-0.05, 0) is 18.6 Å². The Balaban J connectivity index is 2.25. The van der Waals surface area contributed by atoms with Crippen LogP contribution in [0.25, 0.3) is 0 Å². The summed E-state index contributed by atoms with van der Waals surface area (Å²) in [6, 6.07) is 9.13. The van der Waals surface area contributed by atoms with Crippen LogP contribution in [0.15, 0.2) is 35.4 Å². The molecule has 1 aromatic rings. The molecule has 0 heterocycles. The predicted molar refractivity (Wildman–Crippen MR) is 71.2 cm³/mol. The number of anilines is 1. The van der Waals surface area contributed by atoms with E-state index in [0.29, 0.717) is 0 Å². The van der Waals surface area contributed by atoms with Gasteiger partial charge in [0.05, 0.1) is 0 Å². The average Bonchev–Trinajstić information content (AvgIpc) is 2.38. The molecule has 0 saturated carbocycles. The predicted octanol–water partition coefficient (Wildman–Crippen LogP) is 1.92. The normalized spacial score (nSPS) is 10.3. The number of benzene rings is 1. The standard InChI is InChI=1S/C13H17N3O2/c1-2-10-14-16-13(18)9-8-12(17)15-11-6-4-3-5-7-11/h3-7,10H,2,8-9H2,1H3,(H,15,17)(H,16,18). The third-order valence-electron chi connectivity index (χ3n) is 2.10. The molecular weight excluding hydrogens is 230 g/mol. The Bertz CT molecular complexity index is 416. The number of carbonyl (C=O) groups is 2. The summed E-state index contributed by atoms with van der Waals surface area (Å²) in [6.07, 6.45) is 2.62. The lowest BCUT2D eigenvalue weighted by Gasteiger charge is -2.04. The van der Waals surface area contributed by atoms with Crippen LogP contribution in [-0.2, 0) is 9.59 Å². The van der Waals surface area contributed by atoms with Gasteiger partial charge < -0.3 is 5.32 Å². The van der Waals surface area contributed by atoms with E-state index in [1.165, 1.54) is 0 Å². The fraction of sp³-hybridized carbons (Fsp3) is 0.308. The van der Waals surface area contributed by atoms with E-state index in [4.69, 9.17) is 0 Å². The van der Waals surface area contributed by atoms with E-state index >= 15 is 0 Å². The number of rotatable bonds is 6. The van der Waals surface area contributed by atoms with E-state index in [0.717, 1.165) is 12.1 Å². The maximum absolute atomic E-state index is 11.5. The highest BCUT2D eigenvalue weighted by Crippen LogP contribution is 2.05. The number of carbonyl (C=O) groups excluding carboxylic acids is 2. The maximum Gasteiger partial charge on any atom is 0.240 e. The van der Waals surface area contributed by atoms with Gasteiger partial charge in [-0.25, -0.2) is 5.43 Å². The second kappa shape index (κ2) is 8.00. The van der Waals surface area contributed by atoms with Crippen LogP contribution < -0.4 is 10.7 Å². The molecule has 5 nitrogen and oxygen atoms in total. The van der Waals surface area contributed by atoms with E-state index in [-0.39, 0.29) is 24.7 Å². The summed E-state index contributed by atoms with van der Waals surface area (Å²) in [5.74, 6) is -0.446. The van der Waals surface area contributed by atoms with Gasteiger partial charge in [-0.2, -0.15) is 5.10 Å². The lowest BCUT2D eigenvalue weighted by Crippen LogP contribution is -2.20. The molecular formula is C13H17N3O2. The first-order valence-electron chi connectivity index (χ1n) is 5.87. The first-order valence-corrected chi connectivity index (χ1v) is 5.87. The van der Waals surface area contributed by atoms with Crippen LogP contribution in [0.2, 0.25) is 0 Å². The second-order valence-corrected chi connectivity index (χ2v) is 3.67. The smallest absolute Gasteiger partial charge is 0.240 e. The third-order valence-corrected chi connectivity index (χ3v) is 2.10. The van der Waals surface area contributed by atoms with Gasteiger partial charge in [-0.15, -0.1) is 0 Å². The van der Waals surface area contributed by atoms with Crippen LogP contribution in [0.3, 0.4) is 0 Å². The topological polar surface area (TPSA) is 70.6 Å². The van der Waals surface area contributed by atoms with Crippen LogP contribution in [0.1, 0.15) is 26.2 Å². The summed E-state index contributed by atoms with van der Waals surface area (Å²) in [5.41, 5.74) is 3.08. The van der Waals surface area contributed by atoms with Gasteiger partial charge in [-0.3, -0.25) is 9.59 Å². The van der Waals surface area contributed by atoms with Gasteiger partial charge in [0.1, 0.15) is 0 Å². The van der Waals surface area contributed by atoms with Crippen molar-refractivity contribution in [1.29, 1.82) is 0 Å². The van der Waals surface area contributed by atoms with Crippen LogP contribution in [-0.4, -0.2) is 18.0 Å². The molecule has 0 bridgehead atoms. The lowest BCUT2D eigenvalue weighted by molar-refractivity contribution is -0.124. The molecule has 5 heteroatoms. The van der Waals surface area contributed by atoms with E-state index in [2.05, 4.69) is 15.8 Å². The van der Waals surface area contributed by atoms with Crippen LogP contribution in [0, 0.1) is 0 Å². The molecule has 96 valence electrons. The van der Waals surface area contributed by atoms with Gasteiger partial charge >= 0.3 is 0 Å². The van der Waals surface area contributed by atoms with E-state index < -0.39 is 0 Å². The molecule has 0 radical (unpaired) electrons. The van der Waals surface area contributed by atoms with Crippen LogP contribution in [0.4, 0.5) is 5.69 Å². The fourth-order valence-corrected chi connectivity index (χ4v) is 1.24. The minimum Gasteiger partial charge on any atom is -0.326 e. The highest BCUT2D eigenvalue weighted by atomic mass is 16.2. The number of para-hydroxylation sites is 1. The molecule has 0 aromatic heterocycles. The Hall–Kier alpha value is -2.17. The quantitative estimate of drug-likeness (QED) is 0.595. The molecule has 2 N–H and O–H groups in total. The van der Waals surface area contributed by atoms with Gasteiger partial charge in [-0.1, -0.05) is 25.1 Å². The monoisotopic (exact) mass is 247 g/mol. The lowest BCUT2D eigenvalue weighted by atomic mass is 10.2. The summed E-state index contributed by atoms with van der Waals surface area (Å²) in [7, 11) is 0.